The van der Waals surface area contributed by atoms with Gasteiger partial charge in [-0.15, -0.1) is 0 Å². The number of hydrogen-bond donors (Lipinski definition) is 2. The predicted octanol–water partition coefficient (Wildman–Crippen LogP) is -2.25. The van der Waals surface area contributed by atoms with Crippen molar-refractivity contribution in [1.29, 1.82) is 0 Å². The van der Waals surface area contributed by atoms with E-state index in [0.29, 0.717) is 6.54 Å². The molecule has 18 heavy (non-hydrogen) atoms. The minimum absolute atomic E-state index is 0.0962. The van der Waals surface area contributed by atoms with Crippen molar-refractivity contribution in [2.24, 2.45) is 0 Å². The van der Waals surface area contributed by atoms with Gasteiger partial charge in [0, 0.05) is 18.9 Å². The first kappa shape index (κ1) is 17.3. The number of hydrogen-bond acceptors (Lipinski definition) is 4. The topological polar surface area (TPSA) is 90.7 Å². The van der Waals surface area contributed by atoms with Crippen LogP contribution < -0.4 is 14.7 Å². The van der Waals surface area contributed by atoms with Crippen LogP contribution in [0.2, 0.25) is 0 Å². The summed E-state index contributed by atoms with van der Waals surface area (Å²) in [5, 5.41) is 10.2. The van der Waals surface area contributed by atoms with Gasteiger partial charge in [0.2, 0.25) is 10.0 Å². The second kappa shape index (κ2) is 9.29. The van der Waals surface area contributed by atoms with E-state index in [0.717, 1.165) is 26.1 Å². The van der Waals surface area contributed by atoms with E-state index in [1.807, 2.05) is 0 Å². The molecule has 0 aromatic rings. The first-order valence-electron chi connectivity index (χ1n) is 6.42. The maximum atomic E-state index is 11.5. The SMILES string of the molecule is CC[NH+](CC)CCCNS(=O)(=O)CCCC(=O)[O-]. The van der Waals surface area contributed by atoms with Crippen LogP contribution in [0, 0.1) is 0 Å². The van der Waals surface area contributed by atoms with Crippen molar-refractivity contribution in [3.63, 3.8) is 0 Å². The average molecular weight is 280 g/mol. The minimum atomic E-state index is -3.34. The monoisotopic (exact) mass is 280 g/mol. The number of sulfonamides is 1. The summed E-state index contributed by atoms with van der Waals surface area (Å²) >= 11 is 0. The standard InChI is InChI=1S/C11H24N2O4S/c1-3-13(4-2)9-6-8-12-18(16,17)10-5-7-11(14)15/h12H,3-10H2,1-2H3,(H,14,15). The number of carbonyl (C=O) groups excluding carboxylic acids is 1. The molecule has 0 unspecified atom stereocenters. The summed E-state index contributed by atoms with van der Waals surface area (Å²) in [5.74, 6) is -1.37. The van der Waals surface area contributed by atoms with Crippen LogP contribution in [-0.4, -0.2) is 46.3 Å². The Kier molecular flexibility index (Phi) is 8.95. The first-order valence-corrected chi connectivity index (χ1v) is 8.07. The summed E-state index contributed by atoms with van der Waals surface area (Å²) < 4.78 is 25.4. The van der Waals surface area contributed by atoms with E-state index in [2.05, 4.69) is 18.6 Å². The minimum Gasteiger partial charge on any atom is -0.550 e. The van der Waals surface area contributed by atoms with Crippen LogP contribution in [0.25, 0.3) is 0 Å². The average Bonchev–Trinajstić information content (AvgIpc) is 2.28. The molecular formula is C11H24N2O4S. The van der Waals surface area contributed by atoms with Crippen LogP contribution in [0.15, 0.2) is 0 Å². The van der Waals surface area contributed by atoms with Gasteiger partial charge in [-0.3, -0.25) is 0 Å². The summed E-state index contributed by atoms with van der Waals surface area (Å²) in [5.41, 5.74) is 0. The van der Waals surface area contributed by atoms with Crippen molar-refractivity contribution in [2.45, 2.75) is 33.1 Å². The lowest BCUT2D eigenvalue weighted by molar-refractivity contribution is -0.896. The van der Waals surface area contributed by atoms with Crippen LogP contribution in [0.1, 0.15) is 33.1 Å². The van der Waals surface area contributed by atoms with Crippen LogP contribution >= 0.6 is 0 Å². The molecule has 0 aromatic heterocycles. The van der Waals surface area contributed by atoms with Crippen LogP contribution in [0.3, 0.4) is 0 Å². The molecule has 0 saturated heterocycles. The summed E-state index contributed by atoms with van der Waals surface area (Å²) in [6.45, 7) is 7.63. The Labute approximate surface area is 109 Å². The zero-order valence-corrected chi connectivity index (χ0v) is 12.0. The van der Waals surface area contributed by atoms with E-state index < -0.39 is 16.0 Å². The molecule has 0 aliphatic rings. The van der Waals surface area contributed by atoms with Crippen molar-refractivity contribution in [2.75, 3.05) is 31.9 Å². The van der Waals surface area contributed by atoms with Gasteiger partial charge < -0.3 is 14.8 Å². The molecule has 0 saturated carbocycles. The van der Waals surface area contributed by atoms with Crippen LogP contribution in [-0.2, 0) is 14.8 Å². The Balaban J connectivity index is 3.73. The van der Waals surface area contributed by atoms with Gasteiger partial charge in [-0.1, -0.05) is 0 Å². The molecule has 0 aliphatic carbocycles. The van der Waals surface area contributed by atoms with Gasteiger partial charge in [-0.05, 0) is 26.7 Å². The summed E-state index contributed by atoms with van der Waals surface area (Å²) in [6, 6.07) is 0. The Morgan fingerprint density at radius 1 is 1.22 bits per heavy atom. The molecule has 0 aromatic carbocycles. The second-order valence-electron chi connectivity index (χ2n) is 4.25. The van der Waals surface area contributed by atoms with Gasteiger partial charge >= 0.3 is 0 Å². The second-order valence-corrected chi connectivity index (χ2v) is 6.18. The molecule has 0 radical (unpaired) electrons. The molecule has 108 valence electrons. The Morgan fingerprint density at radius 2 is 1.83 bits per heavy atom. The van der Waals surface area contributed by atoms with E-state index >= 15 is 0 Å². The van der Waals surface area contributed by atoms with E-state index in [9.17, 15) is 18.3 Å². The number of nitrogens with one attached hydrogen (secondary N) is 2. The van der Waals surface area contributed by atoms with Crippen molar-refractivity contribution < 1.29 is 23.2 Å². The number of rotatable bonds is 11. The molecule has 0 aliphatic heterocycles. The highest BCUT2D eigenvalue weighted by Gasteiger charge is 2.09. The maximum absolute atomic E-state index is 11.5. The third-order valence-electron chi connectivity index (χ3n) is 2.82. The molecule has 0 fully saturated rings. The highest BCUT2D eigenvalue weighted by molar-refractivity contribution is 7.89. The molecule has 0 rings (SSSR count). The van der Waals surface area contributed by atoms with Crippen molar-refractivity contribution in [1.82, 2.24) is 4.72 Å². The fourth-order valence-corrected chi connectivity index (χ4v) is 2.77. The lowest BCUT2D eigenvalue weighted by Gasteiger charge is -2.15. The van der Waals surface area contributed by atoms with Crippen molar-refractivity contribution in [3.8, 4) is 0 Å². The first-order chi connectivity index (χ1) is 8.41. The molecule has 0 amide bonds. The maximum Gasteiger partial charge on any atom is 0.211 e. The zero-order chi connectivity index (χ0) is 14.0. The van der Waals surface area contributed by atoms with Gasteiger partial charge in [0.1, 0.15) is 0 Å². The van der Waals surface area contributed by atoms with E-state index in [1.54, 1.807) is 0 Å². The lowest BCUT2D eigenvalue weighted by Crippen LogP contribution is -3.11. The predicted molar refractivity (Wildman–Crippen MR) is 67.6 cm³/mol. The lowest BCUT2D eigenvalue weighted by atomic mass is 10.3. The zero-order valence-electron chi connectivity index (χ0n) is 11.2. The Bertz CT molecular complexity index is 326. The summed E-state index contributed by atoms with van der Waals surface area (Å²) in [6.07, 6.45) is 0.667. The van der Waals surface area contributed by atoms with E-state index in [1.165, 1.54) is 4.90 Å². The van der Waals surface area contributed by atoms with Crippen LogP contribution in [0.5, 0.6) is 0 Å². The molecule has 2 N–H and O–H groups in total. The smallest absolute Gasteiger partial charge is 0.211 e. The molecule has 0 spiro atoms. The number of carboxylic acid groups (broad SMARTS) is 1. The van der Waals surface area contributed by atoms with Gasteiger partial charge in [0.25, 0.3) is 0 Å². The molecular weight excluding hydrogens is 256 g/mol. The number of quaternary nitrogens is 1. The molecule has 7 heteroatoms. The molecule has 0 bridgehead atoms. The Hall–Kier alpha value is -0.660. The van der Waals surface area contributed by atoms with Gasteiger partial charge in [0.15, 0.2) is 0 Å². The Morgan fingerprint density at radius 3 is 2.33 bits per heavy atom. The summed E-state index contributed by atoms with van der Waals surface area (Å²) in [4.78, 5) is 11.6. The van der Waals surface area contributed by atoms with E-state index in [-0.39, 0.29) is 18.6 Å². The normalized spacial score (nSPS) is 11.9. The highest BCUT2D eigenvalue weighted by atomic mass is 32.2. The molecule has 0 atom stereocenters. The third-order valence-corrected chi connectivity index (χ3v) is 4.29. The highest BCUT2D eigenvalue weighted by Crippen LogP contribution is 1.93. The number of carboxylic acids is 1. The molecule has 0 heterocycles. The van der Waals surface area contributed by atoms with Gasteiger partial charge in [-0.25, -0.2) is 13.1 Å². The third kappa shape index (κ3) is 9.38. The quantitative estimate of drug-likeness (QED) is 0.418. The number of aliphatic carboxylic acids is 1. The van der Waals surface area contributed by atoms with E-state index in [4.69, 9.17) is 0 Å². The summed E-state index contributed by atoms with van der Waals surface area (Å²) in [7, 11) is -3.34. The fraction of sp³-hybridized carbons (Fsp3) is 0.909. The van der Waals surface area contributed by atoms with Gasteiger partial charge in [-0.2, -0.15) is 0 Å². The number of carbonyl (C=O) groups is 1. The van der Waals surface area contributed by atoms with Gasteiger partial charge in [0.05, 0.1) is 25.4 Å². The van der Waals surface area contributed by atoms with Crippen LogP contribution in [0.4, 0.5) is 0 Å². The largest absolute Gasteiger partial charge is 0.550 e. The fourth-order valence-electron chi connectivity index (χ4n) is 1.65. The van der Waals surface area contributed by atoms with Crippen molar-refractivity contribution in [3.05, 3.63) is 0 Å². The van der Waals surface area contributed by atoms with Crippen molar-refractivity contribution >= 4 is 16.0 Å². The molecule has 6 nitrogen and oxygen atoms in total.